The molecule has 2 unspecified atom stereocenters. The minimum atomic E-state index is -0.578. The molecule has 172 valence electrons. The van der Waals surface area contributed by atoms with E-state index in [-0.39, 0.29) is 5.91 Å². The summed E-state index contributed by atoms with van der Waals surface area (Å²) in [7, 11) is 0. The second kappa shape index (κ2) is 13.2. The number of hydrogen-bond donors (Lipinski definition) is 2. The third kappa shape index (κ3) is 8.05. The molecule has 0 fully saturated rings. The molecule has 8 nitrogen and oxygen atoms in total. The largest absolute Gasteiger partial charge is 0.493 e. The Balaban J connectivity index is 2.03. The van der Waals surface area contributed by atoms with Crippen molar-refractivity contribution in [2.45, 2.75) is 77.8 Å². The molecule has 0 radical (unpaired) electrons. The molecular formula is C22H33N3O5S. The van der Waals surface area contributed by atoms with Gasteiger partial charge in [0.1, 0.15) is 28.3 Å². The Hall–Kier alpha value is -2.29. The van der Waals surface area contributed by atoms with Gasteiger partial charge in [-0.15, -0.1) is 11.8 Å². The molecule has 0 aliphatic carbocycles. The minimum absolute atomic E-state index is 0.253. The Morgan fingerprint density at radius 1 is 1.32 bits per heavy atom. The van der Waals surface area contributed by atoms with E-state index in [1.54, 1.807) is 13.0 Å². The molecule has 31 heavy (non-hydrogen) atoms. The highest BCUT2D eigenvalue weighted by atomic mass is 32.2. The van der Waals surface area contributed by atoms with E-state index >= 15 is 0 Å². The van der Waals surface area contributed by atoms with Crippen LogP contribution in [-0.2, 0) is 4.79 Å². The zero-order chi connectivity index (χ0) is 22.6. The van der Waals surface area contributed by atoms with Crippen LogP contribution in [0, 0.1) is 0 Å². The van der Waals surface area contributed by atoms with Gasteiger partial charge in [0.15, 0.2) is 0 Å². The van der Waals surface area contributed by atoms with E-state index in [4.69, 9.17) is 14.4 Å². The summed E-state index contributed by atoms with van der Waals surface area (Å²) in [5, 5.41) is 15.5. The number of thioether (sulfide) groups is 1. The second-order valence-electron chi connectivity index (χ2n) is 7.57. The fourth-order valence-electron chi connectivity index (χ4n) is 3.21. The monoisotopic (exact) mass is 451 g/mol. The van der Waals surface area contributed by atoms with Gasteiger partial charge in [0.2, 0.25) is 5.91 Å². The average Bonchev–Trinajstić information content (AvgIpc) is 3.25. The first kappa shape index (κ1) is 25.0. The molecule has 0 saturated heterocycles. The van der Waals surface area contributed by atoms with Gasteiger partial charge < -0.3 is 19.7 Å². The number of aliphatic imine (C=N–C) groups is 1. The molecule has 2 rings (SSSR count). The third-order valence-electron chi connectivity index (χ3n) is 4.93. The summed E-state index contributed by atoms with van der Waals surface area (Å²) < 4.78 is 11.1. The number of carbonyl (C=O) groups is 1. The van der Waals surface area contributed by atoms with Crippen LogP contribution in [0.3, 0.4) is 0 Å². The van der Waals surface area contributed by atoms with Crippen LogP contribution in [-0.4, -0.2) is 40.3 Å². The summed E-state index contributed by atoms with van der Waals surface area (Å²) >= 11 is 1.37. The fourth-order valence-corrected chi connectivity index (χ4v) is 4.21. The first-order chi connectivity index (χ1) is 15.0. The summed E-state index contributed by atoms with van der Waals surface area (Å²) in [6.07, 6.45) is 7.02. The van der Waals surface area contributed by atoms with Gasteiger partial charge in [0.25, 0.3) is 0 Å². The molecule has 0 aromatic carbocycles. The number of amides is 1. The van der Waals surface area contributed by atoms with Crippen molar-refractivity contribution >= 4 is 28.4 Å². The number of ether oxygens (including phenoxy) is 1. The molecule has 0 saturated carbocycles. The van der Waals surface area contributed by atoms with Gasteiger partial charge in [-0.1, -0.05) is 51.1 Å². The first-order valence-electron chi connectivity index (χ1n) is 11.0. The van der Waals surface area contributed by atoms with Crippen LogP contribution in [0.25, 0.3) is 0 Å². The molecular weight excluding hydrogens is 418 g/mol. The molecule has 1 aliphatic rings. The lowest BCUT2D eigenvalue weighted by Gasteiger charge is -2.19. The molecule has 1 aromatic heterocycles. The molecule has 2 heterocycles. The lowest BCUT2D eigenvalue weighted by molar-refractivity contribution is -0.122. The van der Waals surface area contributed by atoms with E-state index in [1.165, 1.54) is 37.1 Å². The van der Waals surface area contributed by atoms with Crippen LogP contribution in [0.2, 0.25) is 0 Å². The van der Waals surface area contributed by atoms with Gasteiger partial charge in [-0.25, -0.2) is 4.79 Å². The normalized spacial score (nSPS) is 17.3. The van der Waals surface area contributed by atoms with Crippen LogP contribution < -0.4 is 15.7 Å². The number of nitrogens with zero attached hydrogens (tertiary/aromatic N) is 2. The average molecular weight is 452 g/mol. The van der Waals surface area contributed by atoms with E-state index in [2.05, 4.69) is 22.4 Å². The molecule has 1 amide bonds. The Bertz CT molecular complexity index is 837. The summed E-state index contributed by atoms with van der Waals surface area (Å²) in [5.74, 6) is 1.06. The number of rotatable bonds is 13. The van der Waals surface area contributed by atoms with Crippen molar-refractivity contribution < 1.29 is 19.2 Å². The Morgan fingerprint density at radius 2 is 2.10 bits per heavy atom. The number of oxime groups is 1. The van der Waals surface area contributed by atoms with Crippen LogP contribution in [0.15, 0.2) is 31.5 Å². The van der Waals surface area contributed by atoms with E-state index in [1.807, 2.05) is 6.92 Å². The van der Waals surface area contributed by atoms with Crippen LogP contribution >= 0.6 is 11.8 Å². The molecule has 0 spiro atoms. The molecule has 1 aliphatic heterocycles. The van der Waals surface area contributed by atoms with E-state index in [9.17, 15) is 9.59 Å². The van der Waals surface area contributed by atoms with Crippen molar-refractivity contribution in [1.29, 1.82) is 0 Å². The van der Waals surface area contributed by atoms with Crippen molar-refractivity contribution in [2.24, 2.45) is 10.1 Å². The Kier molecular flexibility index (Phi) is 10.6. The number of unbranched alkanes of at least 4 members (excludes halogenated alkanes) is 4. The lowest BCUT2D eigenvalue weighted by atomic mass is 10.1. The Morgan fingerprint density at radius 3 is 2.81 bits per heavy atom. The van der Waals surface area contributed by atoms with Crippen LogP contribution in [0.5, 0.6) is 5.75 Å². The van der Waals surface area contributed by atoms with E-state index < -0.39 is 17.7 Å². The first-order valence-corrected chi connectivity index (χ1v) is 11.9. The zero-order valence-corrected chi connectivity index (χ0v) is 19.4. The summed E-state index contributed by atoms with van der Waals surface area (Å²) in [6, 6.07) is 2.00. The van der Waals surface area contributed by atoms with Gasteiger partial charge in [-0.05, 0) is 19.8 Å². The molecule has 0 bridgehead atoms. The highest BCUT2D eigenvalue weighted by molar-refractivity contribution is 8.16. The summed E-state index contributed by atoms with van der Waals surface area (Å²) in [4.78, 5) is 29.1. The van der Waals surface area contributed by atoms with Crippen LogP contribution in [0.1, 0.15) is 77.5 Å². The number of nitrogens with one attached hydrogen (secondary N) is 1. The lowest BCUT2D eigenvalue weighted by Crippen LogP contribution is -2.37. The maximum atomic E-state index is 12.7. The van der Waals surface area contributed by atoms with Crippen LogP contribution in [0.4, 0.5) is 0 Å². The minimum Gasteiger partial charge on any atom is -0.493 e. The second-order valence-corrected chi connectivity index (χ2v) is 8.58. The van der Waals surface area contributed by atoms with Gasteiger partial charge in [-0.3, -0.25) is 9.79 Å². The van der Waals surface area contributed by atoms with Crippen molar-refractivity contribution in [3.63, 3.8) is 0 Å². The van der Waals surface area contributed by atoms with Crippen molar-refractivity contribution in [2.75, 3.05) is 12.4 Å². The highest BCUT2D eigenvalue weighted by Crippen LogP contribution is 2.24. The third-order valence-corrected chi connectivity index (χ3v) is 6.09. The molecule has 2 N–H and O–H groups in total. The standard InChI is InChI=1S/C22H33N3O5S/c1-4-6-7-8-9-11-29-16-12-19(30-20(26)13-16)17(10-5-2)23-21(27)18-14-31-22(24-18)15(3)25-28/h12-13,17-18,28H,4-11,14H2,1-3H3,(H,23,27)/b25-15-. The van der Waals surface area contributed by atoms with Gasteiger partial charge >= 0.3 is 5.63 Å². The molecule has 9 heteroatoms. The van der Waals surface area contributed by atoms with Crippen molar-refractivity contribution in [3.8, 4) is 5.75 Å². The number of hydrogen-bond acceptors (Lipinski definition) is 8. The van der Waals surface area contributed by atoms with E-state index in [0.717, 1.165) is 19.3 Å². The number of carbonyl (C=O) groups excluding carboxylic acids is 1. The summed E-state index contributed by atoms with van der Waals surface area (Å²) in [5.41, 5.74) is -0.115. The van der Waals surface area contributed by atoms with Gasteiger partial charge in [0.05, 0.1) is 18.7 Å². The quantitative estimate of drug-likeness (QED) is 0.200. The smallest absolute Gasteiger partial charge is 0.339 e. The predicted molar refractivity (Wildman–Crippen MR) is 124 cm³/mol. The van der Waals surface area contributed by atoms with Gasteiger partial charge in [-0.2, -0.15) is 0 Å². The fraction of sp³-hybridized carbons (Fsp3) is 0.636. The predicted octanol–water partition coefficient (Wildman–Crippen LogP) is 4.31. The van der Waals surface area contributed by atoms with E-state index in [0.29, 0.717) is 41.0 Å². The maximum Gasteiger partial charge on any atom is 0.339 e. The van der Waals surface area contributed by atoms with Crippen molar-refractivity contribution in [1.82, 2.24) is 5.32 Å². The molecule has 1 aromatic rings. The Labute approximate surface area is 187 Å². The van der Waals surface area contributed by atoms with Crippen molar-refractivity contribution in [3.05, 3.63) is 28.3 Å². The topological polar surface area (TPSA) is 113 Å². The molecule has 2 atom stereocenters. The maximum absolute atomic E-state index is 12.7. The van der Waals surface area contributed by atoms with Gasteiger partial charge in [0, 0.05) is 11.8 Å². The zero-order valence-electron chi connectivity index (χ0n) is 18.6. The highest BCUT2D eigenvalue weighted by Gasteiger charge is 2.29. The summed E-state index contributed by atoms with van der Waals surface area (Å²) in [6.45, 7) is 6.35. The SMILES string of the molecule is CCCCCCCOc1cc(C(CCC)NC(=O)C2CSC(/C(C)=N\O)=N2)oc(=O)c1.